The standard InChI is InChI=1S/C21H18BrIN2O5/c1-3-29-19(26)12-30-20-17(22)9-13(10-18(20)23)8-14(11-24)21(27)25-15-4-6-16(28-2)7-5-15/h4-10H,3,12H2,1-2H3,(H,25,27)/b14-8-. The Morgan fingerprint density at radius 1 is 1.27 bits per heavy atom. The summed E-state index contributed by atoms with van der Waals surface area (Å²) in [5.74, 6) is 0.137. The van der Waals surface area contributed by atoms with Gasteiger partial charge in [-0.2, -0.15) is 5.26 Å². The molecule has 0 unspecified atom stereocenters. The van der Waals surface area contributed by atoms with Gasteiger partial charge in [-0.25, -0.2) is 4.79 Å². The molecule has 2 aromatic carbocycles. The van der Waals surface area contributed by atoms with Gasteiger partial charge in [-0.15, -0.1) is 0 Å². The number of carbonyl (C=O) groups excluding carboxylic acids is 2. The monoisotopic (exact) mass is 584 g/mol. The minimum atomic E-state index is -0.531. The van der Waals surface area contributed by atoms with Crippen molar-refractivity contribution in [1.82, 2.24) is 0 Å². The summed E-state index contributed by atoms with van der Waals surface area (Å²) in [6, 6.07) is 12.1. The van der Waals surface area contributed by atoms with Crippen LogP contribution in [0.4, 0.5) is 5.69 Å². The molecule has 2 rings (SSSR count). The average Bonchev–Trinajstić information content (AvgIpc) is 2.72. The van der Waals surface area contributed by atoms with Crippen LogP contribution in [0.15, 0.2) is 46.4 Å². The number of ether oxygens (including phenoxy) is 3. The van der Waals surface area contributed by atoms with Crippen molar-refractivity contribution in [2.24, 2.45) is 0 Å². The molecular formula is C21H18BrIN2O5. The van der Waals surface area contributed by atoms with Gasteiger partial charge in [0, 0.05) is 5.69 Å². The number of hydrogen-bond acceptors (Lipinski definition) is 6. The average molecular weight is 585 g/mol. The molecule has 156 valence electrons. The lowest BCUT2D eigenvalue weighted by Crippen LogP contribution is -2.15. The molecule has 0 aliphatic heterocycles. The molecule has 0 radical (unpaired) electrons. The Morgan fingerprint density at radius 3 is 2.53 bits per heavy atom. The zero-order valence-corrected chi connectivity index (χ0v) is 19.9. The molecule has 0 aliphatic carbocycles. The first kappa shape index (κ1) is 23.7. The molecule has 0 bridgehead atoms. The molecule has 0 saturated carbocycles. The maximum atomic E-state index is 12.5. The van der Waals surface area contributed by atoms with Crippen molar-refractivity contribution < 1.29 is 23.8 Å². The van der Waals surface area contributed by atoms with Crippen LogP contribution >= 0.6 is 38.5 Å². The number of hydrogen-bond donors (Lipinski definition) is 1. The second-order valence-corrected chi connectivity index (χ2v) is 7.78. The highest BCUT2D eigenvalue weighted by molar-refractivity contribution is 14.1. The van der Waals surface area contributed by atoms with E-state index in [1.165, 1.54) is 6.08 Å². The van der Waals surface area contributed by atoms with E-state index in [1.807, 2.05) is 28.7 Å². The highest BCUT2D eigenvalue weighted by Crippen LogP contribution is 2.33. The van der Waals surface area contributed by atoms with Gasteiger partial charge in [-0.05, 0) is 93.5 Å². The van der Waals surface area contributed by atoms with Crippen LogP contribution in [0.2, 0.25) is 0 Å². The number of esters is 1. The van der Waals surface area contributed by atoms with Crippen molar-refractivity contribution in [3.05, 3.63) is 55.6 Å². The van der Waals surface area contributed by atoms with Crippen LogP contribution < -0.4 is 14.8 Å². The first-order chi connectivity index (χ1) is 14.4. The Bertz CT molecular complexity index is 976. The van der Waals surface area contributed by atoms with Crippen LogP contribution in [0.5, 0.6) is 11.5 Å². The molecule has 7 nitrogen and oxygen atoms in total. The fourth-order valence-corrected chi connectivity index (χ4v) is 4.09. The van der Waals surface area contributed by atoms with Gasteiger partial charge >= 0.3 is 5.97 Å². The summed E-state index contributed by atoms with van der Waals surface area (Å²) in [7, 11) is 1.55. The number of nitrogens with one attached hydrogen (secondary N) is 1. The Labute approximate surface area is 196 Å². The Morgan fingerprint density at radius 2 is 1.97 bits per heavy atom. The molecule has 0 saturated heterocycles. The second kappa shape index (κ2) is 11.6. The minimum absolute atomic E-state index is 0.0614. The predicted molar refractivity (Wildman–Crippen MR) is 124 cm³/mol. The fourth-order valence-electron chi connectivity index (χ4n) is 2.32. The van der Waals surface area contributed by atoms with Crippen LogP contribution in [0.25, 0.3) is 6.08 Å². The van der Waals surface area contributed by atoms with Gasteiger partial charge in [0.2, 0.25) is 0 Å². The fraction of sp³-hybridized carbons (Fsp3) is 0.190. The maximum Gasteiger partial charge on any atom is 0.344 e. The van der Waals surface area contributed by atoms with Crippen molar-refractivity contribution in [2.45, 2.75) is 6.92 Å². The SMILES string of the molecule is CCOC(=O)COc1c(Br)cc(/C=C(/C#N)C(=O)Nc2ccc(OC)cc2)cc1I. The van der Waals surface area contributed by atoms with Crippen molar-refractivity contribution in [3.63, 3.8) is 0 Å². The van der Waals surface area contributed by atoms with Crippen LogP contribution in [0, 0.1) is 14.9 Å². The summed E-state index contributed by atoms with van der Waals surface area (Å²) in [6.07, 6.45) is 1.47. The van der Waals surface area contributed by atoms with Crippen LogP contribution in [-0.2, 0) is 14.3 Å². The lowest BCUT2D eigenvalue weighted by atomic mass is 10.1. The van der Waals surface area contributed by atoms with E-state index in [-0.39, 0.29) is 18.8 Å². The van der Waals surface area contributed by atoms with Gasteiger partial charge in [0.1, 0.15) is 23.1 Å². The molecule has 30 heavy (non-hydrogen) atoms. The summed E-state index contributed by atoms with van der Waals surface area (Å²) >= 11 is 5.45. The summed E-state index contributed by atoms with van der Waals surface area (Å²) in [5.41, 5.74) is 1.10. The number of carbonyl (C=O) groups is 2. The third-order valence-electron chi connectivity index (χ3n) is 3.68. The van der Waals surface area contributed by atoms with Crippen molar-refractivity contribution in [1.29, 1.82) is 5.26 Å². The zero-order valence-electron chi connectivity index (χ0n) is 16.2. The lowest BCUT2D eigenvalue weighted by Gasteiger charge is -2.11. The number of methoxy groups -OCH3 is 1. The Balaban J connectivity index is 2.17. The highest BCUT2D eigenvalue weighted by Gasteiger charge is 2.14. The Kier molecular flexibility index (Phi) is 9.14. The molecular weight excluding hydrogens is 567 g/mol. The molecule has 0 spiro atoms. The summed E-state index contributed by atoms with van der Waals surface area (Å²) < 4.78 is 16.7. The van der Waals surface area contributed by atoms with Gasteiger partial charge in [0.25, 0.3) is 5.91 Å². The van der Waals surface area contributed by atoms with Crippen molar-refractivity contribution in [3.8, 4) is 17.6 Å². The molecule has 1 amide bonds. The Hall–Kier alpha value is -2.58. The number of benzene rings is 2. The van der Waals surface area contributed by atoms with Crippen LogP contribution in [0.1, 0.15) is 12.5 Å². The van der Waals surface area contributed by atoms with Crippen molar-refractivity contribution in [2.75, 3.05) is 25.6 Å². The van der Waals surface area contributed by atoms with E-state index >= 15 is 0 Å². The highest BCUT2D eigenvalue weighted by atomic mass is 127. The number of halogens is 2. The number of rotatable bonds is 8. The third-order valence-corrected chi connectivity index (χ3v) is 5.07. The molecule has 0 aromatic heterocycles. The molecule has 0 heterocycles. The van der Waals surface area contributed by atoms with E-state index in [2.05, 4.69) is 21.2 Å². The molecule has 0 fully saturated rings. The van der Waals surface area contributed by atoms with Gasteiger partial charge in [-0.1, -0.05) is 0 Å². The quantitative estimate of drug-likeness (QED) is 0.212. The predicted octanol–water partition coefficient (Wildman–Crippen LogP) is 4.55. The third kappa shape index (κ3) is 6.74. The summed E-state index contributed by atoms with van der Waals surface area (Å²) in [4.78, 5) is 23.9. The van der Waals surface area contributed by atoms with Gasteiger partial charge in [0.05, 0.1) is 21.8 Å². The topological polar surface area (TPSA) is 97.7 Å². The van der Waals surface area contributed by atoms with E-state index in [4.69, 9.17) is 14.2 Å². The molecule has 2 aromatic rings. The van der Waals surface area contributed by atoms with Crippen molar-refractivity contribution >= 4 is 62.2 Å². The minimum Gasteiger partial charge on any atom is -0.497 e. The molecule has 0 atom stereocenters. The number of anilines is 1. The first-order valence-corrected chi connectivity index (χ1v) is 10.6. The molecule has 0 aliphatic rings. The number of amides is 1. The van der Waals surface area contributed by atoms with Gasteiger partial charge in [0.15, 0.2) is 6.61 Å². The number of nitrogens with zero attached hydrogens (tertiary/aromatic N) is 1. The maximum absolute atomic E-state index is 12.5. The van der Waals surface area contributed by atoms with Gasteiger partial charge < -0.3 is 19.5 Å². The zero-order chi connectivity index (χ0) is 22.1. The van der Waals surface area contributed by atoms with E-state index in [1.54, 1.807) is 50.4 Å². The number of nitriles is 1. The van der Waals surface area contributed by atoms with E-state index in [9.17, 15) is 14.9 Å². The normalized spacial score (nSPS) is 10.7. The molecule has 1 N–H and O–H groups in total. The second-order valence-electron chi connectivity index (χ2n) is 5.76. The van der Waals surface area contributed by atoms with Gasteiger partial charge in [-0.3, -0.25) is 4.79 Å². The smallest absolute Gasteiger partial charge is 0.344 e. The van der Waals surface area contributed by atoms with E-state index < -0.39 is 11.9 Å². The largest absolute Gasteiger partial charge is 0.497 e. The lowest BCUT2D eigenvalue weighted by molar-refractivity contribution is -0.145. The first-order valence-electron chi connectivity index (χ1n) is 8.72. The molecule has 9 heteroatoms. The summed E-state index contributed by atoms with van der Waals surface area (Å²) in [6.45, 7) is 1.78. The van der Waals surface area contributed by atoms with Crippen LogP contribution in [0.3, 0.4) is 0 Å². The van der Waals surface area contributed by atoms with E-state index in [0.29, 0.717) is 30.8 Å². The summed E-state index contributed by atoms with van der Waals surface area (Å²) in [5, 5.41) is 12.1. The van der Waals surface area contributed by atoms with E-state index in [0.717, 1.165) is 0 Å². The van der Waals surface area contributed by atoms with Crippen LogP contribution in [-0.4, -0.2) is 32.2 Å².